The minimum absolute atomic E-state index is 0.116. The molecule has 1 aliphatic carbocycles. The third-order valence-corrected chi connectivity index (χ3v) is 7.84. The number of benzene rings is 3. The maximum atomic E-state index is 14.4. The lowest BCUT2D eigenvalue weighted by atomic mass is 9.72. The molecular weight excluding hydrogens is 421 g/mol. The van der Waals surface area contributed by atoms with Gasteiger partial charge in [-0.2, -0.15) is 0 Å². The van der Waals surface area contributed by atoms with Crippen LogP contribution < -0.4 is 0 Å². The smallest absolute Gasteiger partial charge is 0.144 e. The summed E-state index contributed by atoms with van der Waals surface area (Å²) in [6, 6.07) is 23.4. The van der Waals surface area contributed by atoms with Gasteiger partial charge in [0.05, 0.1) is 5.69 Å². The van der Waals surface area contributed by atoms with Crippen molar-refractivity contribution in [2.45, 2.75) is 44.9 Å². The van der Waals surface area contributed by atoms with E-state index in [1.807, 2.05) is 30.5 Å². The Kier molecular flexibility index (Phi) is 5.02. The van der Waals surface area contributed by atoms with Crippen LogP contribution in [0.1, 0.15) is 45.1 Å². The van der Waals surface area contributed by atoms with Crippen molar-refractivity contribution in [3.05, 3.63) is 90.4 Å². The second-order valence-electron chi connectivity index (χ2n) is 10.1. The lowest BCUT2D eigenvalue weighted by Crippen LogP contribution is -2.26. The van der Waals surface area contributed by atoms with Crippen molar-refractivity contribution in [3.63, 3.8) is 0 Å². The second kappa shape index (κ2) is 8.09. The van der Waals surface area contributed by atoms with Crippen LogP contribution in [0.15, 0.2) is 83.4 Å². The van der Waals surface area contributed by atoms with Crippen molar-refractivity contribution >= 4 is 21.9 Å². The molecule has 0 unspecified atom stereocenters. The fourth-order valence-electron chi connectivity index (χ4n) is 5.72. The normalized spacial score (nSPS) is 14.9. The largest absolute Gasteiger partial charge is 0.455 e. The first-order valence-corrected chi connectivity index (χ1v) is 12.2. The van der Waals surface area contributed by atoms with Crippen LogP contribution in [0.4, 0.5) is 4.39 Å². The van der Waals surface area contributed by atoms with Crippen molar-refractivity contribution in [2.75, 3.05) is 0 Å². The maximum Gasteiger partial charge on any atom is 0.144 e. The van der Waals surface area contributed by atoms with E-state index in [0.717, 1.165) is 38.8 Å². The van der Waals surface area contributed by atoms with Gasteiger partial charge in [-0.25, -0.2) is 4.39 Å². The van der Waals surface area contributed by atoms with Crippen LogP contribution >= 0.6 is 0 Å². The van der Waals surface area contributed by atoms with Crippen LogP contribution in [-0.2, 0) is 5.41 Å². The second-order valence-corrected chi connectivity index (χ2v) is 10.1. The summed E-state index contributed by atoms with van der Waals surface area (Å²) in [6.45, 7) is 4.74. The number of rotatable bonds is 4. The number of pyridine rings is 1. The monoisotopic (exact) mass is 449 g/mol. The molecular formula is C31H28FNO. The first kappa shape index (κ1) is 21.1. The minimum atomic E-state index is -0.232. The van der Waals surface area contributed by atoms with E-state index in [9.17, 15) is 4.39 Å². The zero-order valence-electron chi connectivity index (χ0n) is 19.6. The molecule has 0 saturated heterocycles. The minimum Gasteiger partial charge on any atom is -0.455 e. The van der Waals surface area contributed by atoms with E-state index < -0.39 is 0 Å². The highest BCUT2D eigenvalue weighted by atomic mass is 19.1. The molecule has 3 aromatic carbocycles. The average Bonchev–Trinajstić information content (AvgIpc) is 3.53. The molecule has 1 fully saturated rings. The quantitative estimate of drug-likeness (QED) is 0.274. The van der Waals surface area contributed by atoms with Gasteiger partial charge < -0.3 is 4.42 Å². The van der Waals surface area contributed by atoms with Gasteiger partial charge in [-0.05, 0) is 71.7 Å². The van der Waals surface area contributed by atoms with Crippen LogP contribution in [0.3, 0.4) is 0 Å². The summed E-state index contributed by atoms with van der Waals surface area (Å²) in [5.74, 6) is 0.478. The maximum absolute atomic E-state index is 14.4. The Hall–Kier alpha value is -3.46. The van der Waals surface area contributed by atoms with Crippen LogP contribution in [0.25, 0.3) is 44.3 Å². The number of para-hydroxylation sites is 1. The SMILES string of the molecule is CC(C)(c1ccnc(-c2cccc3c2oc2cc(-c4ccccc4F)ccc23)c1)C1CCCC1. The molecule has 170 valence electrons. The Bertz CT molecular complexity index is 1510. The molecule has 2 heterocycles. The predicted octanol–water partition coefficient (Wildman–Crippen LogP) is 8.92. The van der Waals surface area contributed by atoms with Crippen molar-refractivity contribution in [1.29, 1.82) is 0 Å². The van der Waals surface area contributed by atoms with Crippen molar-refractivity contribution in [1.82, 2.24) is 4.98 Å². The van der Waals surface area contributed by atoms with Gasteiger partial charge in [0.15, 0.2) is 0 Å². The van der Waals surface area contributed by atoms with E-state index in [0.29, 0.717) is 11.5 Å². The van der Waals surface area contributed by atoms with Gasteiger partial charge in [0.25, 0.3) is 0 Å². The molecule has 0 aliphatic heterocycles. The van der Waals surface area contributed by atoms with Gasteiger partial charge >= 0.3 is 0 Å². The third kappa shape index (κ3) is 3.42. The lowest BCUT2D eigenvalue weighted by molar-refractivity contribution is 0.325. The van der Waals surface area contributed by atoms with Gasteiger partial charge in [-0.1, -0.05) is 63.1 Å². The van der Waals surface area contributed by atoms with Crippen LogP contribution in [0.2, 0.25) is 0 Å². The number of nitrogens with zero attached hydrogens (tertiary/aromatic N) is 1. The van der Waals surface area contributed by atoms with Crippen molar-refractivity contribution in [2.24, 2.45) is 5.92 Å². The van der Waals surface area contributed by atoms with E-state index in [-0.39, 0.29) is 11.2 Å². The van der Waals surface area contributed by atoms with Gasteiger partial charge in [0.1, 0.15) is 17.0 Å². The molecule has 0 spiro atoms. The van der Waals surface area contributed by atoms with E-state index in [2.05, 4.69) is 44.2 Å². The Morgan fingerprint density at radius 1 is 0.853 bits per heavy atom. The van der Waals surface area contributed by atoms with E-state index >= 15 is 0 Å². The Balaban J connectivity index is 1.47. The Morgan fingerprint density at radius 2 is 1.65 bits per heavy atom. The lowest BCUT2D eigenvalue weighted by Gasteiger charge is -2.32. The average molecular weight is 450 g/mol. The molecule has 1 aliphatic rings. The Labute approximate surface area is 199 Å². The van der Waals surface area contributed by atoms with Crippen molar-refractivity contribution < 1.29 is 8.81 Å². The molecule has 0 N–H and O–H groups in total. The summed E-state index contributed by atoms with van der Waals surface area (Å²) in [6.07, 6.45) is 7.19. The number of fused-ring (bicyclic) bond motifs is 3. The zero-order valence-corrected chi connectivity index (χ0v) is 19.6. The highest BCUT2D eigenvalue weighted by Crippen LogP contribution is 2.43. The van der Waals surface area contributed by atoms with Crippen LogP contribution in [0.5, 0.6) is 0 Å². The topological polar surface area (TPSA) is 26.0 Å². The number of hydrogen-bond donors (Lipinski definition) is 0. The molecule has 0 amide bonds. The van der Waals surface area contributed by atoms with Gasteiger partial charge in [-0.15, -0.1) is 0 Å². The number of aromatic nitrogens is 1. The summed E-state index contributed by atoms with van der Waals surface area (Å²) in [4.78, 5) is 4.74. The first-order chi connectivity index (χ1) is 16.5. The van der Waals surface area contributed by atoms with Crippen LogP contribution in [0, 0.1) is 11.7 Å². The molecule has 2 aromatic heterocycles. The first-order valence-electron chi connectivity index (χ1n) is 12.2. The summed E-state index contributed by atoms with van der Waals surface area (Å²) in [7, 11) is 0. The molecule has 5 aromatic rings. The molecule has 0 atom stereocenters. The fourth-order valence-corrected chi connectivity index (χ4v) is 5.72. The van der Waals surface area contributed by atoms with E-state index in [1.54, 1.807) is 12.1 Å². The molecule has 6 rings (SSSR count). The molecule has 1 saturated carbocycles. The molecule has 2 nitrogen and oxygen atoms in total. The Morgan fingerprint density at radius 3 is 2.47 bits per heavy atom. The number of halogens is 1. The summed E-state index contributed by atoms with van der Waals surface area (Å²) in [5.41, 5.74) is 6.34. The predicted molar refractivity (Wildman–Crippen MR) is 137 cm³/mol. The standard InChI is InChI=1S/C31H28FNO/c1-31(2,21-8-3-4-9-21)22-16-17-33-28(19-22)26-12-7-11-25-24-15-14-20(18-29(24)34-30(25)26)23-10-5-6-13-27(23)32/h5-7,10-19,21H,3-4,8-9H2,1-2H3. The molecule has 0 radical (unpaired) electrons. The summed E-state index contributed by atoms with van der Waals surface area (Å²) < 4.78 is 20.8. The highest BCUT2D eigenvalue weighted by molar-refractivity contribution is 6.10. The summed E-state index contributed by atoms with van der Waals surface area (Å²) >= 11 is 0. The van der Waals surface area contributed by atoms with Gasteiger partial charge in [-0.3, -0.25) is 4.98 Å². The highest BCUT2D eigenvalue weighted by Gasteiger charge is 2.33. The zero-order chi connectivity index (χ0) is 23.3. The number of hydrogen-bond acceptors (Lipinski definition) is 2. The van der Waals surface area contributed by atoms with Gasteiger partial charge in [0, 0.05) is 28.1 Å². The van der Waals surface area contributed by atoms with E-state index in [4.69, 9.17) is 9.40 Å². The fraction of sp³-hybridized carbons (Fsp3) is 0.258. The summed E-state index contributed by atoms with van der Waals surface area (Å²) in [5, 5.41) is 2.08. The molecule has 3 heteroatoms. The van der Waals surface area contributed by atoms with Crippen LogP contribution in [-0.4, -0.2) is 4.98 Å². The number of furan rings is 1. The van der Waals surface area contributed by atoms with Gasteiger partial charge in [0.2, 0.25) is 0 Å². The molecule has 34 heavy (non-hydrogen) atoms. The third-order valence-electron chi connectivity index (χ3n) is 7.84. The molecule has 0 bridgehead atoms. The van der Waals surface area contributed by atoms with E-state index in [1.165, 1.54) is 37.3 Å². The van der Waals surface area contributed by atoms with Crippen molar-refractivity contribution in [3.8, 4) is 22.4 Å².